The second-order valence-corrected chi connectivity index (χ2v) is 8.16. The predicted molar refractivity (Wildman–Crippen MR) is 86.6 cm³/mol. The Morgan fingerprint density at radius 3 is 3.21 bits per heavy atom. The number of piperidine rings is 1. The largest absolute Gasteiger partial charge is 0.338 e. The zero-order chi connectivity index (χ0) is 13.2. The number of thioether (sulfide) groups is 1. The minimum atomic E-state index is 0.259. The van der Waals surface area contributed by atoms with Crippen LogP contribution in [0.3, 0.4) is 0 Å². The van der Waals surface area contributed by atoms with Crippen molar-refractivity contribution in [3.05, 3.63) is 21.4 Å². The lowest BCUT2D eigenvalue weighted by atomic mass is 10.00. The number of nitrogens with zero attached hydrogens (tertiary/aromatic N) is 1. The van der Waals surface area contributed by atoms with Gasteiger partial charge in [0.15, 0.2) is 0 Å². The van der Waals surface area contributed by atoms with Gasteiger partial charge in [-0.05, 0) is 42.6 Å². The molecule has 0 aromatic carbocycles. The third-order valence-corrected chi connectivity index (χ3v) is 7.01. The maximum Gasteiger partial charge on any atom is 0.263 e. The van der Waals surface area contributed by atoms with Crippen LogP contribution in [-0.4, -0.2) is 35.0 Å². The predicted octanol–water partition coefficient (Wildman–Crippen LogP) is 3.78. The first-order valence-corrected chi connectivity index (χ1v) is 9.91. The highest BCUT2D eigenvalue weighted by Crippen LogP contribution is 2.33. The fourth-order valence-electron chi connectivity index (χ4n) is 2.78. The van der Waals surface area contributed by atoms with Gasteiger partial charge in [-0.2, -0.15) is 11.8 Å². The van der Waals surface area contributed by atoms with Gasteiger partial charge in [0.2, 0.25) is 0 Å². The van der Waals surface area contributed by atoms with E-state index in [1.165, 1.54) is 22.6 Å². The molecule has 1 unspecified atom stereocenters. The van der Waals surface area contributed by atoms with Crippen LogP contribution < -0.4 is 0 Å². The van der Waals surface area contributed by atoms with E-state index in [0.717, 1.165) is 41.9 Å². The van der Waals surface area contributed by atoms with Crippen LogP contribution in [0.5, 0.6) is 0 Å². The molecule has 1 fully saturated rings. The summed E-state index contributed by atoms with van der Waals surface area (Å²) in [6.07, 6.45) is 3.53. The zero-order valence-electron chi connectivity index (χ0n) is 10.9. The van der Waals surface area contributed by atoms with Gasteiger partial charge in [-0.25, -0.2) is 0 Å². The molecule has 1 aromatic heterocycles. The van der Waals surface area contributed by atoms with Crippen molar-refractivity contribution in [2.75, 3.05) is 24.2 Å². The lowest BCUT2D eigenvalue weighted by Crippen LogP contribution is -2.40. The van der Waals surface area contributed by atoms with Crippen molar-refractivity contribution in [1.29, 1.82) is 0 Å². The number of hydrogen-bond acceptors (Lipinski definition) is 3. The Morgan fingerprint density at radius 1 is 1.53 bits per heavy atom. The van der Waals surface area contributed by atoms with E-state index >= 15 is 0 Å². The Labute approximate surface area is 131 Å². The quantitative estimate of drug-likeness (QED) is 0.748. The molecule has 0 bridgehead atoms. The van der Waals surface area contributed by atoms with Gasteiger partial charge in [0, 0.05) is 29.0 Å². The molecule has 1 aromatic rings. The number of halogens is 1. The summed E-state index contributed by atoms with van der Waals surface area (Å²) in [6.45, 7) is 1.85. The van der Waals surface area contributed by atoms with Crippen molar-refractivity contribution >= 4 is 44.9 Å². The Kier molecular flexibility index (Phi) is 4.54. The molecule has 0 saturated carbocycles. The Balaban J connectivity index is 1.74. The molecule has 3 heterocycles. The van der Waals surface area contributed by atoms with Crippen LogP contribution in [0, 0.1) is 5.92 Å². The molecule has 5 heteroatoms. The third kappa shape index (κ3) is 3.03. The van der Waals surface area contributed by atoms with Crippen LogP contribution in [0.2, 0.25) is 0 Å². The van der Waals surface area contributed by atoms with E-state index < -0.39 is 0 Å². The van der Waals surface area contributed by atoms with Crippen molar-refractivity contribution in [1.82, 2.24) is 4.90 Å². The summed E-state index contributed by atoms with van der Waals surface area (Å²) in [5, 5.41) is 1.01. The summed E-state index contributed by atoms with van der Waals surface area (Å²) < 4.78 is 0. The maximum absolute atomic E-state index is 12.6. The van der Waals surface area contributed by atoms with Gasteiger partial charge in [-0.15, -0.1) is 11.3 Å². The van der Waals surface area contributed by atoms with Crippen molar-refractivity contribution in [2.24, 2.45) is 5.92 Å². The van der Waals surface area contributed by atoms with Crippen LogP contribution in [0.4, 0.5) is 0 Å². The first-order valence-electron chi connectivity index (χ1n) is 6.82. The number of thiophene rings is 1. The first kappa shape index (κ1) is 14.0. The van der Waals surface area contributed by atoms with Gasteiger partial charge in [0.05, 0.1) is 4.88 Å². The molecule has 2 aliphatic heterocycles. The highest BCUT2D eigenvalue weighted by Gasteiger charge is 2.26. The molecule has 2 nitrogen and oxygen atoms in total. The van der Waals surface area contributed by atoms with Crippen LogP contribution in [-0.2, 0) is 12.2 Å². The monoisotopic (exact) mass is 359 g/mol. The number of fused-ring (bicyclic) bond motifs is 1. The summed E-state index contributed by atoms with van der Waals surface area (Å²) in [4.78, 5) is 17.1. The van der Waals surface area contributed by atoms with Crippen molar-refractivity contribution < 1.29 is 4.79 Å². The molecule has 0 aliphatic carbocycles. The summed E-state index contributed by atoms with van der Waals surface area (Å²) in [7, 11) is 0. The van der Waals surface area contributed by atoms with Crippen molar-refractivity contribution in [3.63, 3.8) is 0 Å². The standard InChI is InChI=1S/C14H18BrNOS2/c15-7-10-2-1-4-16(8-10)14(17)13-6-11-9-18-5-3-12(11)19-13/h6,10H,1-5,7-9H2. The number of carbonyl (C=O) groups is 1. The molecule has 3 rings (SSSR count). The second-order valence-electron chi connectivity index (χ2n) is 5.28. The highest BCUT2D eigenvalue weighted by molar-refractivity contribution is 9.09. The number of hydrogen-bond donors (Lipinski definition) is 0. The molecule has 0 N–H and O–H groups in total. The van der Waals surface area contributed by atoms with Gasteiger partial charge in [0.25, 0.3) is 5.91 Å². The lowest BCUT2D eigenvalue weighted by Gasteiger charge is -2.31. The minimum absolute atomic E-state index is 0.259. The summed E-state index contributed by atoms with van der Waals surface area (Å²) in [5.74, 6) is 3.18. The van der Waals surface area contributed by atoms with Crippen molar-refractivity contribution in [3.8, 4) is 0 Å². The molecule has 2 aliphatic rings. The molecule has 104 valence electrons. The lowest BCUT2D eigenvalue weighted by molar-refractivity contribution is 0.0691. The SMILES string of the molecule is O=C(c1cc2c(s1)CCSC2)N1CCCC(CBr)C1. The normalized spacial score (nSPS) is 23.2. The minimum Gasteiger partial charge on any atom is -0.338 e. The van der Waals surface area contributed by atoms with E-state index in [1.807, 2.05) is 11.8 Å². The van der Waals surface area contributed by atoms with Crippen LogP contribution in [0.25, 0.3) is 0 Å². The second kappa shape index (κ2) is 6.19. The maximum atomic E-state index is 12.6. The third-order valence-electron chi connectivity index (χ3n) is 3.86. The highest BCUT2D eigenvalue weighted by atomic mass is 79.9. The molecule has 1 atom stereocenters. The number of carbonyl (C=O) groups excluding carboxylic acids is 1. The topological polar surface area (TPSA) is 20.3 Å². The Bertz CT molecular complexity index is 451. The van der Waals surface area contributed by atoms with E-state index in [0.29, 0.717) is 5.92 Å². The molecule has 19 heavy (non-hydrogen) atoms. The van der Waals surface area contributed by atoms with E-state index in [9.17, 15) is 4.79 Å². The van der Waals surface area contributed by atoms with Gasteiger partial charge in [-0.3, -0.25) is 4.79 Å². The Hall–Kier alpha value is -0.000000000000000167. The van der Waals surface area contributed by atoms with Gasteiger partial charge >= 0.3 is 0 Å². The van der Waals surface area contributed by atoms with E-state index in [4.69, 9.17) is 0 Å². The molecular formula is C14H18BrNOS2. The molecular weight excluding hydrogens is 342 g/mol. The number of aryl methyl sites for hydroxylation is 1. The molecule has 1 saturated heterocycles. The molecule has 1 amide bonds. The fourth-order valence-corrected chi connectivity index (χ4v) is 5.65. The number of likely N-dealkylation sites (tertiary alicyclic amines) is 1. The van der Waals surface area contributed by atoms with Crippen molar-refractivity contribution in [2.45, 2.75) is 25.0 Å². The zero-order valence-corrected chi connectivity index (χ0v) is 14.1. The van der Waals surface area contributed by atoms with Gasteiger partial charge < -0.3 is 4.90 Å². The molecule has 0 spiro atoms. The average Bonchev–Trinajstić information content (AvgIpc) is 2.90. The first-order chi connectivity index (χ1) is 9.28. The fraction of sp³-hybridized carbons (Fsp3) is 0.643. The summed E-state index contributed by atoms with van der Waals surface area (Å²) in [6, 6.07) is 2.15. The van der Waals surface area contributed by atoms with E-state index in [-0.39, 0.29) is 5.91 Å². The van der Waals surface area contributed by atoms with Gasteiger partial charge in [0.1, 0.15) is 0 Å². The van der Waals surface area contributed by atoms with Crippen LogP contribution in [0.1, 0.15) is 33.0 Å². The number of rotatable bonds is 2. The van der Waals surface area contributed by atoms with E-state index in [1.54, 1.807) is 11.3 Å². The van der Waals surface area contributed by atoms with E-state index in [2.05, 4.69) is 26.9 Å². The Morgan fingerprint density at radius 2 is 2.42 bits per heavy atom. The smallest absolute Gasteiger partial charge is 0.263 e. The number of amides is 1. The average molecular weight is 360 g/mol. The number of alkyl halides is 1. The van der Waals surface area contributed by atoms with Gasteiger partial charge in [-0.1, -0.05) is 15.9 Å². The summed E-state index contributed by atoms with van der Waals surface area (Å²) in [5.41, 5.74) is 1.40. The van der Waals surface area contributed by atoms with Crippen LogP contribution >= 0.6 is 39.0 Å². The van der Waals surface area contributed by atoms with Crippen LogP contribution in [0.15, 0.2) is 6.07 Å². The summed E-state index contributed by atoms with van der Waals surface area (Å²) >= 11 is 7.26. The molecule has 0 radical (unpaired) electrons.